The molecule has 6 nitrogen and oxygen atoms in total. The Labute approximate surface area is 175 Å². The summed E-state index contributed by atoms with van der Waals surface area (Å²) in [4.78, 5) is 17.1. The van der Waals surface area contributed by atoms with Crippen LogP contribution < -0.4 is 15.0 Å². The van der Waals surface area contributed by atoms with Gasteiger partial charge in [-0.3, -0.25) is 9.69 Å². The number of amides is 1. The number of hydrogen-bond acceptors (Lipinski definition) is 5. The number of fused-ring (bicyclic) bond motifs is 1. The highest BCUT2D eigenvalue weighted by Crippen LogP contribution is 2.28. The second-order valence-corrected chi connectivity index (χ2v) is 7.49. The molecule has 29 heavy (non-hydrogen) atoms. The highest BCUT2D eigenvalue weighted by atomic mass is 35.5. The van der Waals surface area contributed by atoms with E-state index in [2.05, 4.69) is 27.2 Å². The number of halogens is 1. The Morgan fingerprint density at radius 2 is 1.90 bits per heavy atom. The molecule has 152 valence electrons. The molecule has 2 heterocycles. The first-order valence-electron chi connectivity index (χ1n) is 9.71. The quantitative estimate of drug-likeness (QED) is 0.668. The fraction of sp³-hybridized carbons (Fsp3) is 0.318. The minimum absolute atomic E-state index is 0.206. The van der Waals surface area contributed by atoms with Gasteiger partial charge in [-0.1, -0.05) is 23.7 Å². The molecule has 0 saturated carbocycles. The number of para-hydroxylation sites is 1. The van der Waals surface area contributed by atoms with Crippen molar-refractivity contribution in [2.24, 2.45) is 0 Å². The SMILES string of the molecule is COc1cccc2cc(C(=O)NCCN3CCN(c4ccc(Cl)cc4)CC3)oc12. The molecular formula is C22H24ClN3O3. The first kappa shape index (κ1) is 19.6. The van der Waals surface area contributed by atoms with E-state index in [9.17, 15) is 4.79 Å². The highest BCUT2D eigenvalue weighted by Gasteiger charge is 2.18. The molecule has 1 amide bonds. The van der Waals surface area contributed by atoms with Gasteiger partial charge in [0.1, 0.15) is 0 Å². The van der Waals surface area contributed by atoms with Gasteiger partial charge in [0.25, 0.3) is 5.91 Å². The smallest absolute Gasteiger partial charge is 0.287 e. The van der Waals surface area contributed by atoms with Crippen LogP contribution in [0.1, 0.15) is 10.6 Å². The van der Waals surface area contributed by atoms with Gasteiger partial charge >= 0.3 is 0 Å². The van der Waals surface area contributed by atoms with Gasteiger partial charge in [0.05, 0.1) is 7.11 Å². The number of hydrogen-bond donors (Lipinski definition) is 1. The molecule has 0 spiro atoms. The van der Waals surface area contributed by atoms with Gasteiger partial charge in [-0.2, -0.15) is 0 Å². The number of nitrogens with one attached hydrogen (secondary N) is 1. The molecule has 3 aromatic rings. The van der Waals surface area contributed by atoms with Crippen LogP contribution in [0.25, 0.3) is 11.0 Å². The summed E-state index contributed by atoms with van der Waals surface area (Å²) in [7, 11) is 1.59. The van der Waals surface area contributed by atoms with Gasteiger partial charge in [-0.05, 0) is 36.4 Å². The summed E-state index contributed by atoms with van der Waals surface area (Å²) in [5, 5.41) is 4.56. The van der Waals surface area contributed by atoms with Crippen molar-refractivity contribution in [3.05, 3.63) is 59.3 Å². The van der Waals surface area contributed by atoms with E-state index in [1.54, 1.807) is 13.2 Å². The van der Waals surface area contributed by atoms with E-state index in [1.807, 2.05) is 30.3 Å². The van der Waals surface area contributed by atoms with Crippen LogP contribution in [-0.4, -0.2) is 57.2 Å². The first-order valence-corrected chi connectivity index (χ1v) is 10.1. The normalized spacial score (nSPS) is 14.9. The summed E-state index contributed by atoms with van der Waals surface area (Å²) >= 11 is 5.96. The maximum Gasteiger partial charge on any atom is 0.287 e. The third kappa shape index (κ3) is 4.49. The average molecular weight is 414 g/mol. The lowest BCUT2D eigenvalue weighted by atomic mass is 10.2. The minimum atomic E-state index is -0.206. The molecule has 4 rings (SSSR count). The number of carbonyl (C=O) groups is 1. The monoisotopic (exact) mass is 413 g/mol. The van der Waals surface area contributed by atoms with Crippen LogP contribution in [0.15, 0.2) is 52.9 Å². The van der Waals surface area contributed by atoms with E-state index in [4.69, 9.17) is 20.8 Å². The van der Waals surface area contributed by atoms with Crippen molar-refractivity contribution in [1.82, 2.24) is 10.2 Å². The molecule has 0 atom stereocenters. The Kier molecular flexibility index (Phi) is 5.92. The predicted molar refractivity (Wildman–Crippen MR) is 115 cm³/mol. The summed E-state index contributed by atoms with van der Waals surface area (Å²) in [6, 6.07) is 15.3. The molecule has 0 aliphatic carbocycles. The fourth-order valence-corrected chi connectivity index (χ4v) is 3.73. The summed E-state index contributed by atoms with van der Waals surface area (Å²) in [5.74, 6) is 0.722. The number of ether oxygens (including phenoxy) is 1. The van der Waals surface area contributed by atoms with Crippen LogP contribution in [0.5, 0.6) is 5.75 Å². The van der Waals surface area contributed by atoms with Crippen molar-refractivity contribution in [1.29, 1.82) is 0 Å². The number of anilines is 1. The number of methoxy groups -OCH3 is 1. The zero-order valence-electron chi connectivity index (χ0n) is 16.4. The highest BCUT2D eigenvalue weighted by molar-refractivity contribution is 6.30. The van der Waals surface area contributed by atoms with Crippen molar-refractivity contribution in [3.63, 3.8) is 0 Å². The molecule has 0 unspecified atom stereocenters. The zero-order chi connectivity index (χ0) is 20.2. The molecule has 1 N–H and O–H groups in total. The number of carbonyl (C=O) groups excluding carboxylic acids is 1. The number of furan rings is 1. The Balaban J connectivity index is 1.25. The van der Waals surface area contributed by atoms with E-state index in [0.717, 1.165) is 43.1 Å². The van der Waals surface area contributed by atoms with Gasteiger partial charge in [-0.25, -0.2) is 0 Å². The number of piperazine rings is 1. The van der Waals surface area contributed by atoms with Crippen LogP contribution in [-0.2, 0) is 0 Å². The Bertz CT molecular complexity index is 979. The van der Waals surface area contributed by atoms with E-state index in [-0.39, 0.29) is 5.91 Å². The standard InChI is InChI=1S/C22H24ClN3O3/c1-28-19-4-2-3-16-15-20(29-21(16)19)22(27)24-9-10-25-11-13-26(14-12-25)18-7-5-17(23)6-8-18/h2-8,15H,9-14H2,1H3,(H,24,27). The summed E-state index contributed by atoms with van der Waals surface area (Å²) in [5.41, 5.74) is 1.79. The number of rotatable bonds is 6. The van der Waals surface area contributed by atoms with Crippen molar-refractivity contribution in [2.75, 3.05) is 51.3 Å². The molecule has 1 aromatic heterocycles. The summed E-state index contributed by atoms with van der Waals surface area (Å²) in [6.45, 7) is 5.22. The maximum absolute atomic E-state index is 12.4. The van der Waals surface area contributed by atoms with Crippen LogP contribution >= 0.6 is 11.6 Å². The topological polar surface area (TPSA) is 58.0 Å². The summed E-state index contributed by atoms with van der Waals surface area (Å²) < 4.78 is 11.0. The van der Waals surface area contributed by atoms with Crippen molar-refractivity contribution in [2.45, 2.75) is 0 Å². The third-order valence-electron chi connectivity index (χ3n) is 5.23. The molecule has 1 aliphatic rings. The van der Waals surface area contributed by atoms with Crippen LogP contribution in [0.4, 0.5) is 5.69 Å². The van der Waals surface area contributed by atoms with Crippen LogP contribution in [0, 0.1) is 0 Å². The van der Waals surface area contributed by atoms with Gasteiger partial charge in [0, 0.05) is 55.4 Å². The Morgan fingerprint density at radius 1 is 1.14 bits per heavy atom. The predicted octanol–water partition coefficient (Wildman–Crippen LogP) is 3.65. The van der Waals surface area contributed by atoms with Crippen LogP contribution in [0.2, 0.25) is 5.02 Å². The van der Waals surface area contributed by atoms with E-state index in [0.29, 0.717) is 23.6 Å². The molecule has 1 aliphatic heterocycles. The first-order chi connectivity index (χ1) is 14.1. The lowest BCUT2D eigenvalue weighted by molar-refractivity contribution is 0.0922. The fourth-order valence-electron chi connectivity index (χ4n) is 3.61. The van der Waals surface area contributed by atoms with Gasteiger partial charge in [0.15, 0.2) is 17.1 Å². The molecule has 7 heteroatoms. The average Bonchev–Trinajstić information content (AvgIpc) is 3.19. The number of nitrogens with zero attached hydrogens (tertiary/aromatic N) is 2. The second-order valence-electron chi connectivity index (χ2n) is 7.05. The zero-order valence-corrected chi connectivity index (χ0v) is 17.1. The second kappa shape index (κ2) is 8.76. The van der Waals surface area contributed by atoms with Gasteiger partial charge in [0.2, 0.25) is 0 Å². The molecule has 1 saturated heterocycles. The Hall–Kier alpha value is -2.70. The van der Waals surface area contributed by atoms with Crippen LogP contribution in [0.3, 0.4) is 0 Å². The molecule has 0 radical (unpaired) electrons. The lowest BCUT2D eigenvalue weighted by Crippen LogP contribution is -2.48. The molecular weight excluding hydrogens is 390 g/mol. The minimum Gasteiger partial charge on any atom is -0.493 e. The van der Waals surface area contributed by atoms with Crippen molar-refractivity contribution >= 4 is 34.2 Å². The maximum atomic E-state index is 12.4. The molecule has 2 aromatic carbocycles. The summed E-state index contributed by atoms with van der Waals surface area (Å²) in [6.07, 6.45) is 0. The van der Waals surface area contributed by atoms with Gasteiger partial charge in [-0.15, -0.1) is 0 Å². The van der Waals surface area contributed by atoms with E-state index in [1.165, 1.54) is 5.69 Å². The molecule has 0 bridgehead atoms. The Morgan fingerprint density at radius 3 is 2.62 bits per heavy atom. The van der Waals surface area contributed by atoms with Gasteiger partial charge < -0.3 is 19.4 Å². The molecule has 1 fully saturated rings. The largest absolute Gasteiger partial charge is 0.493 e. The van der Waals surface area contributed by atoms with E-state index < -0.39 is 0 Å². The number of benzene rings is 2. The van der Waals surface area contributed by atoms with Crippen molar-refractivity contribution < 1.29 is 13.9 Å². The van der Waals surface area contributed by atoms with E-state index >= 15 is 0 Å². The lowest BCUT2D eigenvalue weighted by Gasteiger charge is -2.36. The van der Waals surface area contributed by atoms with Crippen molar-refractivity contribution in [3.8, 4) is 5.75 Å². The third-order valence-corrected chi connectivity index (χ3v) is 5.48.